The van der Waals surface area contributed by atoms with Crippen LogP contribution in [0.5, 0.6) is 11.5 Å². The van der Waals surface area contributed by atoms with Crippen molar-refractivity contribution < 1.29 is 23.8 Å². The fraction of sp³-hybridized carbons (Fsp3) is 0.423. The molecule has 1 saturated heterocycles. The Hall–Kier alpha value is -3.59. The lowest BCUT2D eigenvalue weighted by Crippen LogP contribution is -2.57. The lowest BCUT2D eigenvalue weighted by molar-refractivity contribution is -0.153. The summed E-state index contributed by atoms with van der Waals surface area (Å²) in [5, 5.41) is 2.87. The Kier molecular flexibility index (Phi) is 6.59. The van der Waals surface area contributed by atoms with Crippen molar-refractivity contribution in [1.82, 2.24) is 15.1 Å². The fourth-order valence-corrected chi connectivity index (χ4v) is 4.73. The minimum absolute atomic E-state index is 0.213. The van der Waals surface area contributed by atoms with Crippen LogP contribution in [-0.4, -0.2) is 67.2 Å². The number of carbonyl (C=O) groups is 2. The van der Waals surface area contributed by atoms with Gasteiger partial charge in [-0.1, -0.05) is 35.9 Å². The molecule has 3 aliphatic heterocycles. The van der Waals surface area contributed by atoms with E-state index in [1.807, 2.05) is 43.3 Å². The Balaban J connectivity index is 1.29. The van der Waals surface area contributed by atoms with E-state index in [1.54, 1.807) is 6.92 Å². The molecule has 9 heteroatoms. The van der Waals surface area contributed by atoms with E-state index < -0.39 is 17.9 Å². The molecule has 3 aliphatic rings. The highest BCUT2D eigenvalue weighted by Crippen LogP contribution is 2.33. The van der Waals surface area contributed by atoms with E-state index in [-0.39, 0.29) is 19.3 Å². The van der Waals surface area contributed by atoms with E-state index >= 15 is 0 Å². The third-order valence-electron chi connectivity index (χ3n) is 6.53. The Bertz CT molecular complexity index is 1140. The number of hydrogen-bond donors (Lipinski definition) is 1. The zero-order valence-corrected chi connectivity index (χ0v) is 20.0. The van der Waals surface area contributed by atoms with Crippen molar-refractivity contribution in [3.63, 3.8) is 0 Å². The van der Waals surface area contributed by atoms with Gasteiger partial charge in [0.1, 0.15) is 6.04 Å². The van der Waals surface area contributed by atoms with Gasteiger partial charge in [0.05, 0.1) is 6.61 Å². The van der Waals surface area contributed by atoms with Gasteiger partial charge in [0, 0.05) is 32.7 Å². The van der Waals surface area contributed by atoms with Crippen LogP contribution in [-0.2, 0) is 20.9 Å². The number of rotatable bonds is 5. The van der Waals surface area contributed by atoms with Crippen LogP contribution in [0.2, 0.25) is 0 Å². The predicted molar refractivity (Wildman–Crippen MR) is 129 cm³/mol. The second-order valence-corrected chi connectivity index (χ2v) is 8.98. The van der Waals surface area contributed by atoms with E-state index in [0.717, 1.165) is 42.3 Å². The fourth-order valence-electron chi connectivity index (χ4n) is 4.73. The minimum Gasteiger partial charge on any atom is -0.465 e. The van der Waals surface area contributed by atoms with Gasteiger partial charge in [-0.3, -0.25) is 19.8 Å². The number of nitrogens with one attached hydrogen (secondary N) is 1. The molecule has 35 heavy (non-hydrogen) atoms. The molecular formula is C26H30N4O5. The minimum atomic E-state index is -1.01. The number of hydrogen-bond acceptors (Lipinski definition) is 8. The first-order valence-electron chi connectivity index (χ1n) is 12.0. The molecule has 0 radical (unpaired) electrons. The Morgan fingerprint density at radius 3 is 2.69 bits per heavy atom. The number of benzene rings is 2. The van der Waals surface area contributed by atoms with Crippen LogP contribution < -0.4 is 14.8 Å². The summed E-state index contributed by atoms with van der Waals surface area (Å²) in [5.74, 6) is 0.167. The van der Waals surface area contributed by atoms with Gasteiger partial charge in [-0.2, -0.15) is 0 Å². The summed E-state index contributed by atoms with van der Waals surface area (Å²) in [4.78, 5) is 35.0. The van der Waals surface area contributed by atoms with E-state index in [4.69, 9.17) is 19.2 Å². The maximum Gasteiger partial charge on any atom is 0.321 e. The number of ether oxygens (including phenoxy) is 3. The van der Waals surface area contributed by atoms with Gasteiger partial charge >= 0.3 is 5.97 Å². The van der Waals surface area contributed by atoms with Crippen LogP contribution >= 0.6 is 0 Å². The summed E-state index contributed by atoms with van der Waals surface area (Å²) in [7, 11) is 0. The number of nitrogens with zero attached hydrogens (tertiary/aromatic N) is 3. The molecule has 0 aromatic heterocycles. The van der Waals surface area contributed by atoms with E-state index in [2.05, 4.69) is 21.2 Å². The molecule has 0 saturated carbocycles. The molecule has 2 aromatic carbocycles. The Morgan fingerprint density at radius 1 is 1.11 bits per heavy atom. The first-order chi connectivity index (χ1) is 17.0. The quantitative estimate of drug-likeness (QED) is 0.521. The van der Waals surface area contributed by atoms with Gasteiger partial charge in [-0.15, -0.1) is 0 Å². The maximum atomic E-state index is 13.1. The van der Waals surface area contributed by atoms with Gasteiger partial charge in [0.2, 0.25) is 18.7 Å². The number of fused-ring (bicyclic) bond motifs is 1. The van der Waals surface area contributed by atoms with Crippen LogP contribution in [0.1, 0.15) is 29.7 Å². The predicted octanol–water partition coefficient (Wildman–Crippen LogP) is 2.25. The Labute approximate surface area is 204 Å². The van der Waals surface area contributed by atoms with Crippen molar-refractivity contribution in [2.75, 3.05) is 39.6 Å². The molecule has 2 atom stereocenters. The highest BCUT2D eigenvalue weighted by atomic mass is 16.7. The molecule has 3 heterocycles. The molecule has 2 aromatic rings. The first-order valence-corrected chi connectivity index (χ1v) is 12.0. The van der Waals surface area contributed by atoms with Crippen LogP contribution in [0.4, 0.5) is 0 Å². The molecular weight excluding hydrogens is 448 g/mol. The average Bonchev–Trinajstić information content (AvgIpc) is 3.32. The third-order valence-corrected chi connectivity index (χ3v) is 6.53. The van der Waals surface area contributed by atoms with Crippen molar-refractivity contribution in [2.45, 2.75) is 26.4 Å². The van der Waals surface area contributed by atoms with Crippen molar-refractivity contribution in [3.8, 4) is 11.5 Å². The summed E-state index contributed by atoms with van der Waals surface area (Å²) < 4.78 is 16.1. The number of esters is 1. The van der Waals surface area contributed by atoms with Gasteiger partial charge in [-0.25, -0.2) is 4.99 Å². The second kappa shape index (κ2) is 9.95. The zero-order valence-electron chi connectivity index (χ0n) is 20.0. The van der Waals surface area contributed by atoms with Gasteiger partial charge < -0.3 is 19.1 Å². The van der Waals surface area contributed by atoms with E-state index in [9.17, 15) is 9.59 Å². The average molecular weight is 479 g/mol. The largest absolute Gasteiger partial charge is 0.465 e. The summed E-state index contributed by atoms with van der Waals surface area (Å²) >= 11 is 0. The maximum absolute atomic E-state index is 13.1. The molecule has 1 fully saturated rings. The monoisotopic (exact) mass is 478 g/mol. The number of aryl methyl sites for hydroxylation is 1. The summed E-state index contributed by atoms with van der Waals surface area (Å²) in [6.07, 6.45) is 0. The highest BCUT2D eigenvalue weighted by Gasteiger charge is 2.42. The SMILES string of the molecule is CCOC(=O)[C@H]1C(=O)NC(N2CCN(Cc3ccc4c(c3)OCO4)CC2)=N[C@H]1c1cccc(C)c1. The number of amides is 1. The molecule has 0 bridgehead atoms. The van der Waals surface area contributed by atoms with Gasteiger partial charge in [0.15, 0.2) is 17.4 Å². The molecule has 0 spiro atoms. The Morgan fingerprint density at radius 2 is 1.91 bits per heavy atom. The van der Waals surface area contributed by atoms with Crippen LogP contribution in [0, 0.1) is 12.8 Å². The molecule has 184 valence electrons. The smallest absolute Gasteiger partial charge is 0.321 e. The molecule has 1 amide bonds. The molecule has 0 aliphatic carbocycles. The normalized spacial score (nSPS) is 21.9. The van der Waals surface area contributed by atoms with Gasteiger partial charge in [0.25, 0.3) is 0 Å². The standard InChI is InChI=1S/C26H30N4O5/c1-3-33-25(32)22-23(19-6-4-5-17(2)13-19)27-26(28-24(22)31)30-11-9-29(10-12-30)15-18-7-8-20-21(14-18)35-16-34-20/h4-8,13-14,22-23H,3,9-12,15-16H2,1-2H3,(H,27,28,31)/t22-,23+/m1/s1. The summed E-state index contributed by atoms with van der Waals surface area (Å²) in [6.45, 7) is 8.08. The van der Waals surface area contributed by atoms with E-state index in [0.29, 0.717) is 19.0 Å². The van der Waals surface area contributed by atoms with Crippen LogP contribution in [0.25, 0.3) is 0 Å². The lowest BCUT2D eigenvalue weighted by atomic mass is 9.90. The molecule has 0 unspecified atom stereocenters. The molecule has 5 rings (SSSR count). The summed E-state index contributed by atoms with van der Waals surface area (Å²) in [6, 6.07) is 13.2. The molecule has 9 nitrogen and oxygen atoms in total. The first kappa shape index (κ1) is 23.2. The zero-order chi connectivity index (χ0) is 24.4. The van der Waals surface area contributed by atoms with Crippen LogP contribution in [0.3, 0.4) is 0 Å². The lowest BCUT2D eigenvalue weighted by Gasteiger charge is -2.39. The second-order valence-electron chi connectivity index (χ2n) is 8.98. The summed E-state index contributed by atoms with van der Waals surface area (Å²) in [5.41, 5.74) is 3.05. The molecule has 1 N–H and O–H groups in total. The number of guanidine groups is 1. The number of aliphatic imine (C=N–C) groups is 1. The number of carbonyl (C=O) groups excluding carboxylic acids is 2. The highest BCUT2D eigenvalue weighted by molar-refractivity contribution is 6.08. The van der Waals surface area contributed by atoms with Crippen molar-refractivity contribution in [3.05, 3.63) is 59.2 Å². The number of piperazine rings is 1. The van der Waals surface area contributed by atoms with Crippen molar-refractivity contribution >= 4 is 17.8 Å². The van der Waals surface area contributed by atoms with E-state index in [1.165, 1.54) is 5.56 Å². The topological polar surface area (TPSA) is 92.7 Å². The third kappa shape index (κ3) is 4.95. The van der Waals surface area contributed by atoms with Crippen LogP contribution in [0.15, 0.2) is 47.5 Å². The van der Waals surface area contributed by atoms with Crippen molar-refractivity contribution in [2.24, 2.45) is 10.9 Å². The van der Waals surface area contributed by atoms with Crippen molar-refractivity contribution in [1.29, 1.82) is 0 Å². The van der Waals surface area contributed by atoms with Gasteiger partial charge in [-0.05, 0) is 37.1 Å².